The molecule has 3 aromatic rings. The summed E-state index contributed by atoms with van der Waals surface area (Å²) >= 11 is 0. The Balaban J connectivity index is 1.67. The van der Waals surface area contributed by atoms with E-state index in [0.717, 1.165) is 22.4 Å². The summed E-state index contributed by atoms with van der Waals surface area (Å²) in [6.45, 7) is 0.424. The molecule has 3 rings (SSSR count). The zero-order valence-corrected chi connectivity index (χ0v) is 13.4. The normalized spacial score (nSPS) is 10.2. The van der Waals surface area contributed by atoms with E-state index in [1.54, 1.807) is 19.5 Å². The van der Waals surface area contributed by atoms with E-state index in [1.807, 2.05) is 60.7 Å². The Hall–Kier alpha value is -3.14. The zero-order valence-electron chi connectivity index (χ0n) is 13.4. The van der Waals surface area contributed by atoms with E-state index in [-0.39, 0.29) is 5.91 Å². The summed E-state index contributed by atoms with van der Waals surface area (Å²) in [7, 11) is 1.62. The van der Waals surface area contributed by atoms with Gasteiger partial charge in [-0.05, 0) is 35.4 Å². The van der Waals surface area contributed by atoms with Crippen molar-refractivity contribution in [2.45, 2.75) is 6.54 Å². The number of benzene rings is 2. The van der Waals surface area contributed by atoms with E-state index in [1.165, 1.54) is 0 Å². The first-order chi connectivity index (χ1) is 11.8. The van der Waals surface area contributed by atoms with Crippen LogP contribution >= 0.6 is 0 Å². The Labute approximate surface area is 141 Å². The molecule has 1 amide bonds. The molecule has 0 fully saturated rings. The lowest BCUT2D eigenvalue weighted by Crippen LogP contribution is -2.22. The lowest BCUT2D eigenvalue weighted by Gasteiger charge is -2.10. The molecule has 0 atom stereocenters. The number of aromatic nitrogens is 1. The summed E-state index contributed by atoms with van der Waals surface area (Å²) in [6.07, 6.45) is 3.54. The molecule has 2 aromatic carbocycles. The van der Waals surface area contributed by atoms with E-state index >= 15 is 0 Å². The summed E-state index contributed by atoms with van der Waals surface area (Å²) in [5.74, 6) is 0.656. The highest BCUT2D eigenvalue weighted by atomic mass is 16.5. The second-order valence-electron chi connectivity index (χ2n) is 5.31. The fourth-order valence-corrected chi connectivity index (χ4v) is 2.47. The molecule has 1 heterocycles. The molecule has 0 bridgehead atoms. The molecule has 1 N–H and O–H groups in total. The second kappa shape index (κ2) is 7.42. The van der Waals surface area contributed by atoms with Crippen molar-refractivity contribution in [3.05, 3.63) is 84.2 Å². The predicted molar refractivity (Wildman–Crippen MR) is 93.8 cm³/mol. The zero-order chi connectivity index (χ0) is 16.8. The molecule has 0 unspecified atom stereocenters. The van der Waals surface area contributed by atoms with E-state index < -0.39 is 0 Å². The summed E-state index contributed by atoms with van der Waals surface area (Å²) in [5.41, 5.74) is 3.63. The lowest BCUT2D eigenvalue weighted by molar-refractivity contribution is 0.0950. The molecule has 0 aliphatic rings. The predicted octanol–water partition coefficient (Wildman–Crippen LogP) is 3.69. The van der Waals surface area contributed by atoms with Crippen LogP contribution in [0.15, 0.2) is 73.1 Å². The Bertz CT molecular complexity index is 815. The minimum Gasteiger partial charge on any atom is -0.496 e. The molecule has 0 aliphatic heterocycles. The number of para-hydroxylation sites is 1. The van der Waals surface area contributed by atoms with Crippen molar-refractivity contribution in [3.63, 3.8) is 0 Å². The summed E-state index contributed by atoms with van der Waals surface area (Å²) in [5, 5.41) is 2.92. The van der Waals surface area contributed by atoms with E-state index in [9.17, 15) is 4.79 Å². The molecule has 4 heteroatoms. The van der Waals surface area contributed by atoms with Crippen LogP contribution in [0, 0.1) is 0 Å². The molecule has 0 spiro atoms. The van der Waals surface area contributed by atoms with Crippen LogP contribution in [-0.4, -0.2) is 18.0 Å². The standard InChI is InChI=1S/C20H18N2O2/c1-24-19-7-3-2-5-18(19)14-22-20(23)16-10-8-15(9-11-16)17-6-4-12-21-13-17/h2-13H,14H2,1H3,(H,22,23). The Morgan fingerprint density at radius 3 is 2.50 bits per heavy atom. The molecule has 24 heavy (non-hydrogen) atoms. The summed E-state index contributed by atoms with van der Waals surface area (Å²) in [6, 6.07) is 19.0. The molecule has 0 aliphatic carbocycles. The van der Waals surface area contributed by atoms with Gasteiger partial charge in [-0.15, -0.1) is 0 Å². The number of carbonyl (C=O) groups excluding carboxylic acids is 1. The molecular weight excluding hydrogens is 300 g/mol. The van der Waals surface area contributed by atoms with Crippen LogP contribution in [0.25, 0.3) is 11.1 Å². The minimum atomic E-state index is -0.112. The van der Waals surface area contributed by atoms with Crippen LogP contribution in [0.4, 0.5) is 0 Å². The van der Waals surface area contributed by atoms with Gasteiger partial charge in [0, 0.05) is 30.1 Å². The third-order valence-electron chi connectivity index (χ3n) is 3.77. The van der Waals surface area contributed by atoms with Crippen LogP contribution in [0.5, 0.6) is 5.75 Å². The van der Waals surface area contributed by atoms with Gasteiger partial charge in [0.2, 0.25) is 0 Å². The third kappa shape index (κ3) is 3.60. The first-order valence-corrected chi connectivity index (χ1v) is 7.68. The molecular formula is C20H18N2O2. The first kappa shape index (κ1) is 15.7. The first-order valence-electron chi connectivity index (χ1n) is 7.68. The average Bonchev–Trinajstić information content (AvgIpc) is 2.67. The monoisotopic (exact) mass is 318 g/mol. The Morgan fingerprint density at radius 2 is 1.79 bits per heavy atom. The third-order valence-corrected chi connectivity index (χ3v) is 3.77. The van der Waals surface area contributed by atoms with Gasteiger partial charge in [0.25, 0.3) is 5.91 Å². The maximum atomic E-state index is 12.3. The van der Waals surface area contributed by atoms with Gasteiger partial charge in [-0.3, -0.25) is 9.78 Å². The van der Waals surface area contributed by atoms with Gasteiger partial charge in [-0.1, -0.05) is 36.4 Å². The van der Waals surface area contributed by atoms with Gasteiger partial charge < -0.3 is 10.1 Å². The minimum absolute atomic E-state index is 0.112. The fraction of sp³-hybridized carbons (Fsp3) is 0.100. The average molecular weight is 318 g/mol. The van der Waals surface area contributed by atoms with Crippen molar-refractivity contribution >= 4 is 5.91 Å². The number of carbonyl (C=O) groups is 1. The van der Waals surface area contributed by atoms with E-state index in [0.29, 0.717) is 12.1 Å². The van der Waals surface area contributed by atoms with Crippen molar-refractivity contribution in [2.24, 2.45) is 0 Å². The smallest absolute Gasteiger partial charge is 0.251 e. The van der Waals surface area contributed by atoms with Gasteiger partial charge >= 0.3 is 0 Å². The van der Waals surface area contributed by atoms with Crippen LogP contribution in [0.3, 0.4) is 0 Å². The number of hydrogen-bond donors (Lipinski definition) is 1. The number of hydrogen-bond acceptors (Lipinski definition) is 3. The molecule has 4 nitrogen and oxygen atoms in total. The molecule has 120 valence electrons. The highest BCUT2D eigenvalue weighted by Crippen LogP contribution is 2.19. The van der Waals surface area contributed by atoms with Gasteiger partial charge in [0.1, 0.15) is 5.75 Å². The van der Waals surface area contributed by atoms with Crippen molar-refractivity contribution in [2.75, 3.05) is 7.11 Å². The number of nitrogens with one attached hydrogen (secondary N) is 1. The maximum Gasteiger partial charge on any atom is 0.251 e. The fourth-order valence-electron chi connectivity index (χ4n) is 2.47. The Morgan fingerprint density at radius 1 is 1.00 bits per heavy atom. The SMILES string of the molecule is COc1ccccc1CNC(=O)c1ccc(-c2cccnc2)cc1. The van der Waals surface area contributed by atoms with Crippen LogP contribution in [0.2, 0.25) is 0 Å². The number of rotatable bonds is 5. The Kier molecular flexibility index (Phi) is 4.87. The van der Waals surface area contributed by atoms with Crippen LogP contribution in [0.1, 0.15) is 15.9 Å². The quantitative estimate of drug-likeness (QED) is 0.780. The molecule has 0 saturated carbocycles. The van der Waals surface area contributed by atoms with E-state index in [2.05, 4.69) is 10.3 Å². The summed E-state index contributed by atoms with van der Waals surface area (Å²) in [4.78, 5) is 16.4. The van der Waals surface area contributed by atoms with Crippen LogP contribution < -0.4 is 10.1 Å². The number of pyridine rings is 1. The van der Waals surface area contributed by atoms with Crippen molar-refractivity contribution in [1.82, 2.24) is 10.3 Å². The largest absolute Gasteiger partial charge is 0.496 e. The van der Waals surface area contributed by atoms with Gasteiger partial charge in [0.05, 0.1) is 7.11 Å². The number of methoxy groups -OCH3 is 1. The van der Waals surface area contributed by atoms with Crippen molar-refractivity contribution < 1.29 is 9.53 Å². The second-order valence-corrected chi connectivity index (χ2v) is 5.31. The lowest BCUT2D eigenvalue weighted by atomic mass is 10.1. The van der Waals surface area contributed by atoms with Crippen molar-refractivity contribution in [1.29, 1.82) is 0 Å². The number of nitrogens with zero attached hydrogens (tertiary/aromatic N) is 1. The summed E-state index contributed by atoms with van der Waals surface area (Å²) < 4.78 is 5.29. The topological polar surface area (TPSA) is 51.2 Å². The van der Waals surface area contributed by atoms with Gasteiger partial charge in [0.15, 0.2) is 0 Å². The van der Waals surface area contributed by atoms with Crippen LogP contribution in [-0.2, 0) is 6.54 Å². The molecule has 0 saturated heterocycles. The van der Waals surface area contributed by atoms with Crippen molar-refractivity contribution in [3.8, 4) is 16.9 Å². The van der Waals surface area contributed by atoms with Gasteiger partial charge in [-0.2, -0.15) is 0 Å². The highest BCUT2D eigenvalue weighted by molar-refractivity contribution is 5.94. The number of ether oxygens (including phenoxy) is 1. The van der Waals surface area contributed by atoms with E-state index in [4.69, 9.17) is 4.74 Å². The molecule has 1 aromatic heterocycles. The molecule has 0 radical (unpaired) electrons. The maximum absolute atomic E-state index is 12.3. The highest BCUT2D eigenvalue weighted by Gasteiger charge is 2.08. The van der Waals surface area contributed by atoms with Gasteiger partial charge in [-0.25, -0.2) is 0 Å². The number of amides is 1.